The summed E-state index contributed by atoms with van der Waals surface area (Å²) in [5.41, 5.74) is 0.438. The molecule has 1 aromatic carbocycles. The highest BCUT2D eigenvalue weighted by Crippen LogP contribution is 2.33. The van der Waals surface area contributed by atoms with Crippen LogP contribution in [0.1, 0.15) is 24.4 Å². The molecule has 0 aliphatic carbocycles. The molecule has 0 aromatic heterocycles. The van der Waals surface area contributed by atoms with Gasteiger partial charge in [-0.1, -0.05) is 0 Å². The summed E-state index contributed by atoms with van der Waals surface area (Å²) >= 11 is 0. The maximum Gasteiger partial charge on any atom is 0.309 e. The molecule has 9 heteroatoms. The van der Waals surface area contributed by atoms with E-state index in [1.165, 1.54) is 18.2 Å². The molecule has 26 heavy (non-hydrogen) atoms. The van der Waals surface area contributed by atoms with E-state index < -0.39 is 35.5 Å². The van der Waals surface area contributed by atoms with Gasteiger partial charge >= 0.3 is 11.8 Å². The third-order valence-electron chi connectivity index (χ3n) is 4.68. The lowest BCUT2D eigenvalue weighted by molar-refractivity contribution is -0.140. The third kappa shape index (κ3) is 4.09. The van der Waals surface area contributed by atoms with E-state index >= 15 is 0 Å². The highest BCUT2D eigenvalue weighted by Gasteiger charge is 2.40. The molecule has 3 rings (SSSR count). The van der Waals surface area contributed by atoms with Crippen molar-refractivity contribution in [2.45, 2.75) is 24.8 Å². The second-order valence-corrected chi connectivity index (χ2v) is 6.48. The molecule has 0 bridgehead atoms. The molecular weight excluding hydrogens is 351 g/mol. The number of alkyl halides is 2. The van der Waals surface area contributed by atoms with Gasteiger partial charge in [0.05, 0.1) is 6.04 Å². The molecule has 2 aliphatic heterocycles. The van der Waals surface area contributed by atoms with Crippen molar-refractivity contribution < 1.29 is 27.5 Å². The van der Waals surface area contributed by atoms with Gasteiger partial charge in [0.2, 0.25) is 0 Å². The number of hydrogen-bond donors (Lipinski definition) is 3. The molecule has 2 amide bonds. The SMILES string of the molecule is O=C(NCC1CCNCCC1(F)F)C(=O)NC1COc2ccc(F)cc21. The third-order valence-corrected chi connectivity index (χ3v) is 4.68. The molecule has 0 spiro atoms. The lowest BCUT2D eigenvalue weighted by atomic mass is 9.96. The molecule has 2 unspecified atom stereocenters. The minimum Gasteiger partial charge on any atom is -0.491 e. The molecule has 2 atom stereocenters. The summed E-state index contributed by atoms with van der Waals surface area (Å²) in [4.78, 5) is 24.0. The lowest BCUT2D eigenvalue weighted by Crippen LogP contribution is -2.45. The maximum atomic E-state index is 14.0. The molecule has 0 radical (unpaired) electrons. The van der Waals surface area contributed by atoms with E-state index in [0.29, 0.717) is 17.9 Å². The Morgan fingerprint density at radius 3 is 2.88 bits per heavy atom. The first kappa shape index (κ1) is 18.5. The van der Waals surface area contributed by atoms with Gasteiger partial charge in [0.15, 0.2) is 0 Å². The van der Waals surface area contributed by atoms with Crippen LogP contribution in [-0.2, 0) is 9.59 Å². The number of halogens is 3. The van der Waals surface area contributed by atoms with Gasteiger partial charge in [-0.2, -0.15) is 0 Å². The summed E-state index contributed by atoms with van der Waals surface area (Å²) < 4.78 is 46.6. The van der Waals surface area contributed by atoms with Crippen molar-refractivity contribution in [1.82, 2.24) is 16.0 Å². The first-order chi connectivity index (χ1) is 12.4. The number of amides is 2. The van der Waals surface area contributed by atoms with Crippen molar-refractivity contribution in [1.29, 1.82) is 0 Å². The molecule has 0 saturated carbocycles. The predicted molar refractivity (Wildman–Crippen MR) is 86.3 cm³/mol. The number of benzene rings is 1. The van der Waals surface area contributed by atoms with Gasteiger partial charge < -0.3 is 20.7 Å². The molecule has 1 aromatic rings. The van der Waals surface area contributed by atoms with Crippen molar-refractivity contribution >= 4 is 11.8 Å². The fourth-order valence-electron chi connectivity index (χ4n) is 3.15. The summed E-state index contributed by atoms with van der Waals surface area (Å²) in [5, 5.41) is 7.60. The lowest BCUT2D eigenvalue weighted by Gasteiger charge is -2.24. The largest absolute Gasteiger partial charge is 0.491 e. The van der Waals surface area contributed by atoms with E-state index in [2.05, 4.69) is 16.0 Å². The zero-order chi connectivity index (χ0) is 18.7. The van der Waals surface area contributed by atoms with Crippen LogP contribution in [0.2, 0.25) is 0 Å². The summed E-state index contributed by atoms with van der Waals surface area (Å²) in [6, 6.07) is 3.24. The molecule has 142 valence electrons. The number of rotatable bonds is 3. The highest BCUT2D eigenvalue weighted by molar-refractivity contribution is 6.35. The fourth-order valence-corrected chi connectivity index (χ4v) is 3.15. The smallest absolute Gasteiger partial charge is 0.309 e. The van der Waals surface area contributed by atoms with Crippen LogP contribution in [0.3, 0.4) is 0 Å². The minimum absolute atomic E-state index is 0.0736. The Bertz CT molecular complexity index is 699. The van der Waals surface area contributed by atoms with E-state index in [1.54, 1.807) is 0 Å². The van der Waals surface area contributed by atoms with Crippen molar-refractivity contribution in [2.75, 3.05) is 26.2 Å². The Hall–Kier alpha value is -2.29. The van der Waals surface area contributed by atoms with Gasteiger partial charge in [-0.25, -0.2) is 13.2 Å². The summed E-state index contributed by atoms with van der Waals surface area (Å²) in [5.74, 6) is -5.94. The fraction of sp³-hybridized carbons (Fsp3) is 0.529. The quantitative estimate of drug-likeness (QED) is 0.696. The van der Waals surface area contributed by atoms with Gasteiger partial charge in [-0.05, 0) is 31.2 Å². The number of hydrogen-bond acceptors (Lipinski definition) is 4. The first-order valence-electron chi connectivity index (χ1n) is 8.46. The van der Waals surface area contributed by atoms with Crippen LogP contribution in [0.15, 0.2) is 18.2 Å². The summed E-state index contributed by atoms with van der Waals surface area (Å²) in [7, 11) is 0. The Kier molecular flexibility index (Phi) is 5.36. The molecule has 2 heterocycles. The molecule has 6 nitrogen and oxygen atoms in total. The Morgan fingerprint density at radius 2 is 2.08 bits per heavy atom. The molecule has 1 saturated heterocycles. The Labute approximate surface area is 148 Å². The topological polar surface area (TPSA) is 79.5 Å². The number of carbonyl (C=O) groups is 2. The molecule has 2 aliphatic rings. The number of carbonyl (C=O) groups excluding carboxylic acids is 2. The van der Waals surface area contributed by atoms with Crippen LogP contribution >= 0.6 is 0 Å². The van der Waals surface area contributed by atoms with Gasteiger partial charge in [-0.15, -0.1) is 0 Å². The maximum absolute atomic E-state index is 14.0. The van der Waals surface area contributed by atoms with E-state index in [-0.39, 0.29) is 32.5 Å². The standard InChI is InChI=1S/C17H20F3N3O3/c18-11-1-2-14-12(7-11)13(9-26-14)23-16(25)15(24)22-8-10-3-5-21-6-4-17(10,19)20/h1-2,7,10,13,21H,3-6,8-9H2,(H,22,24)(H,23,25). The second-order valence-electron chi connectivity index (χ2n) is 6.48. The predicted octanol–water partition coefficient (Wildman–Crippen LogP) is 1.13. The van der Waals surface area contributed by atoms with Crippen molar-refractivity contribution in [3.8, 4) is 5.75 Å². The minimum atomic E-state index is -2.90. The van der Waals surface area contributed by atoms with Crippen LogP contribution in [0.25, 0.3) is 0 Å². The molecule has 3 N–H and O–H groups in total. The van der Waals surface area contributed by atoms with E-state index in [1.807, 2.05) is 0 Å². The summed E-state index contributed by atoms with van der Waals surface area (Å²) in [6.45, 7) is 0.442. The number of fused-ring (bicyclic) bond motifs is 1. The van der Waals surface area contributed by atoms with Crippen LogP contribution in [0, 0.1) is 11.7 Å². The zero-order valence-electron chi connectivity index (χ0n) is 14.0. The van der Waals surface area contributed by atoms with Gasteiger partial charge in [0.1, 0.15) is 18.2 Å². The normalized spacial score (nSPS) is 24.1. The highest BCUT2D eigenvalue weighted by atomic mass is 19.3. The van der Waals surface area contributed by atoms with Gasteiger partial charge in [0.25, 0.3) is 5.92 Å². The van der Waals surface area contributed by atoms with Crippen LogP contribution in [0.4, 0.5) is 13.2 Å². The molecular formula is C17H20F3N3O3. The monoisotopic (exact) mass is 371 g/mol. The average Bonchev–Trinajstić information content (AvgIpc) is 2.89. The number of nitrogens with one attached hydrogen (secondary N) is 3. The van der Waals surface area contributed by atoms with Gasteiger partial charge in [-0.3, -0.25) is 9.59 Å². The second kappa shape index (κ2) is 7.53. The van der Waals surface area contributed by atoms with E-state index in [4.69, 9.17) is 4.74 Å². The average molecular weight is 371 g/mol. The van der Waals surface area contributed by atoms with Crippen LogP contribution in [-0.4, -0.2) is 44.0 Å². The Morgan fingerprint density at radius 1 is 1.27 bits per heavy atom. The van der Waals surface area contributed by atoms with Gasteiger partial charge in [0, 0.05) is 31.0 Å². The van der Waals surface area contributed by atoms with Crippen molar-refractivity contribution in [3.05, 3.63) is 29.6 Å². The molecule has 1 fully saturated rings. The number of ether oxygens (including phenoxy) is 1. The van der Waals surface area contributed by atoms with Crippen LogP contribution in [0.5, 0.6) is 5.75 Å². The van der Waals surface area contributed by atoms with Crippen molar-refractivity contribution in [2.24, 2.45) is 5.92 Å². The summed E-state index contributed by atoms with van der Waals surface area (Å²) in [6.07, 6.45) is -0.0977. The van der Waals surface area contributed by atoms with Crippen LogP contribution < -0.4 is 20.7 Å². The van der Waals surface area contributed by atoms with E-state index in [0.717, 1.165) is 0 Å². The Balaban J connectivity index is 1.54. The zero-order valence-corrected chi connectivity index (χ0v) is 14.0. The van der Waals surface area contributed by atoms with Crippen molar-refractivity contribution in [3.63, 3.8) is 0 Å². The first-order valence-corrected chi connectivity index (χ1v) is 8.46. The van der Waals surface area contributed by atoms with E-state index in [9.17, 15) is 22.8 Å².